The van der Waals surface area contributed by atoms with Crippen molar-refractivity contribution in [3.05, 3.63) is 52.7 Å². The summed E-state index contributed by atoms with van der Waals surface area (Å²) in [6, 6.07) is 9.54. The second-order valence-electron chi connectivity index (χ2n) is 4.95. The minimum atomic E-state index is -0.137. The molecular formula is C15H14ClN3O. The summed E-state index contributed by atoms with van der Waals surface area (Å²) in [5, 5.41) is 0.320. The number of anilines is 2. The molecule has 102 valence electrons. The number of rotatable bonds is 1. The number of benzene rings is 1. The highest BCUT2D eigenvalue weighted by molar-refractivity contribution is 6.34. The highest BCUT2D eigenvalue weighted by Gasteiger charge is 2.32. The van der Waals surface area contributed by atoms with Crippen LogP contribution in [0, 0.1) is 0 Å². The minimum Gasteiger partial charge on any atom is -0.384 e. The van der Waals surface area contributed by atoms with E-state index in [0.29, 0.717) is 10.6 Å². The van der Waals surface area contributed by atoms with Crippen LogP contribution in [-0.2, 0) is 6.42 Å². The number of amides is 1. The Morgan fingerprint density at radius 2 is 2.20 bits per heavy atom. The molecule has 0 bridgehead atoms. The number of nitrogen functional groups attached to an aromatic ring is 1. The fraction of sp³-hybridized carbons (Fsp3) is 0.200. The van der Waals surface area contributed by atoms with E-state index in [4.69, 9.17) is 17.3 Å². The van der Waals surface area contributed by atoms with Crippen molar-refractivity contribution in [2.24, 2.45) is 0 Å². The molecule has 1 amide bonds. The van der Waals surface area contributed by atoms with E-state index in [-0.39, 0.29) is 17.8 Å². The monoisotopic (exact) mass is 287 g/mol. The summed E-state index contributed by atoms with van der Waals surface area (Å²) in [5.41, 5.74) is 8.16. The van der Waals surface area contributed by atoms with Gasteiger partial charge in [-0.1, -0.05) is 29.8 Å². The van der Waals surface area contributed by atoms with Crippen molar-refractivity contribution in [1.29, 1.82) is 0 Å². The smallest absolute Gasteiger partial charge is 0.260 e. The van der Waals surface area contributed by atoms with E-state index >= 15 is 0 Å². The van der Waals surface area contributed by atoms with Gasteiger partial charge in [0.2, 0.25) is 0 Å². The lowest BCUT2D eigenvalue weighted by Gasteiger charge is -2.23. The molecule has 5 heteroatoms. The van der Waals surface area contributed by atoms with Crippen molar-refractivity contribution in [3.8, 4) is 0 Å². The van der Waals surface area contributed by atoms with Crippen LogP contribution in [0.2, 0.25) is 5.02 Å². The van der Waals surface area contributed by atoms with Crippen LogP contribution in [0.15, 0.2) is 36.5 Å². The van der Waals surface area contributed by atoms with Gasteiger partial charge in [-0.15, -0.1) is 0 Å². The molecular weight excluding hydrogens is 274 g/mol. The Labute approximate surface area is 122 Å². The zero-order valence-electron chi connectivity index (χ0n) is 11.0. The number of hydrogen-bond acceptors (Lipinski definition) is 3. The first-order chi connectivity index (χ1) is 9.58. The van der Waals surface area contributed by atoms with Gasteiger partial charge in [0.05, 0.1) is 10.6 Å². The quantitative estimate of drug-likeness (QED) is 0.877. The molecule has 0 spiro atoms. The molecule has 2 heterocycles. The summed E-state index contributed by atoms with van der Waals surface area (Å²) in [6.07, 6.45) is 2.26. The third-order valence-electron chi connectivity index (χ3n) is 3.53. The maximum atomic E-state index is 12.8. The first-order valence-electron chi connectivity index (χ1n) is 6.40. The predicted molar refractivity (Wildman–Crippen MR) is 80.1 cm³/mol. The summed E-state index contributed by atoms with van der Waals surface area (Å²) in [6.45, 7) is 2.02. The second kappa shape index (κ2) is 4.80. The molecule has 0 fully saturated rings. The molecule has 1 aromatic heterocycles. The van der Waals surface area contributed by atoms with Crippen LogP contribution < -0.4 is 10.6 Å². The van der Waals surface area contributed by atoms with Crippen LogP contribution in [-0.4, -0.2) is 16.9 Å². The van der Waals surface area contributed by atoms with Crippen LogP contribution in [0.1, 0.15) is 22.8 Å². The van der Waals surface area contributed by atoms with Gasteiger partial charge in [-0.05, 0) is 31.0 Å². The highest BCUT2D eigenvalue weighted by atomic mass is 35.5. The Balaban J connectivity index is 2.05. The van der Waals surface area contributed by atoms with Crippen molar-refractivity contribution in [2.75, 3.05) is 10.6 Å². The van der Waals surface area contributed by atoms with Gasteiger partial charge in [0.25, 0.3) is 5.91 Å². The lowest BCUT2D eigenvalue weighted by Crippen LogP contribution is -2.36. The van der Waals surface area contributed by atoms with E-state index < -0.39 is 0 Å². The SMILES string of the molecule is CC1Cc2ccccc2N1C(=O)c1cc(N)ncc1Cl. The third-order valence-corrected chi connectivity index (χ3v) is 3.83. The average Bonchev–Trinajstić information content (AvgIpc) is 2.76. The largest absolute Gasteiger partial charge is 0.384 e. The van der Waals surface area contributed by atoms with E-state index in [1.54, 1.807) is 4.90 Å². The molecule has 0 radical (unpaired) electrons. The van der Waals surface area contributed by atoms with Gasteiger partial charge in [-0.2, -0.15) is 0 Å². The maximum Gasteiger partial charge on any atom is 0.260 e. The van der Waals surface area contributed by atoms with Crippen molar-refractivity contribution in [2.45, 2.75) is 19.4 Å². The second-order valence-corrected chi connectivity index (χ2v) is 5.35. The molecule has 1 atom stereocenters. The van der Waals surface area contributed by atoms with Crippen LogP contribution in [0.4, 0.5) is 11.5 Å². The van der Waals surface area contributed by atoms with E-state index in [1.165, 1.54) is 17.8 Å². The molecule has 3 rings (SSSR count). The first kappa shape index (κ1) is 12.9. The van der Waals surface area contributed by atoms with Gasteiger partial charge in [0.15, 0.2) is 0 Å². The number of hydrogen-bond donors (Lipinski definition) is 1. The number of aromatic nitrogens is 1. The molecule has 0 aliphatic carbocycles. The van der Waals surface area contributed by atoms with Crippen molar-refractivity contribution in [1.82, 2.24) is 4.98 Å². The Morgan fingerprint density at radius 3 is 3.00 bits per heavy atom. The fourth-order valence-electron chi connectivity index (χ4n) is 2.62. The Hall–Kier alpha value is -2.07. The number of nitrogens with zero attached hydrogens (tertiary/aromatic N) is 2. The van der Waals surface area contributed by atoms with Gasteiger partial charge >= 0.3 is 0 Å². The first-order valence-corrected chi connectivity index (χ1v) is 6.78. The Morgan fingerprint density at radius 1 is 1.45 bits per heavy atom. The zero-order chi connectivity index (χ0) is 14.3. The molecule has 20 heavy (non-hydrogen) atoms. The van der Waals surface area contributed by atoms with E-state index in [0.717, 1.165) is 12.1 Å². The zero-order valence-corrected chi connectivity index (χ0v) is 11.8. The molecule has 2 aromatic rings. The third kappa shape index (κ3) is 2.02. The summed E-state index contributed by atoms with van der Waals surface area (Å²) < 4.78 is 0. The van der Waals surface area contributed by atoms with Gasteiger partial charge in [0, 0.05) is 17.9 Å². The lowest BCUT2D eigenvalue weighted by atomic mass is 10.1. The maximum absolute atomic E-state index is 12.8. The van der Waals surface area contributed by atoms with Crippen LogP contribution in [0.5, 0.6) is 0 Å². The van der Waals surface area contributed by atoms with Crippen molar-refractivity contribution in [3.63, 3.8) is 0 Å². The van der Waals surface area contributed by atoms with E-state index in [9.17, 15) is 4.79 Å². The molecule has 2 N–H and O–H groups in total. The average molecular weight is 288 g/mol. The number of para-hydroxylation sites is 1. The lowest BCUT2D eigenvalue weighted by molar-refractivity contribution is 0.0981. The molecule has 1 aliphatic heterocycles. The number of carbonyl (C=O) groups is 1. The van der Waals surface area contributed by atoms with E-state index in [2.05, 4.69) is 4.98 Å². The van der Waals surface area contributed by atoms with Gasteiger partial charge in [-0.3, -0.25) is 4.79 Å². The van der Waals surface area contributed by atoms with Crippen molar-refractivity contribution >= 4 is 29.0 Å². The molecule has 4 nitrogen and oxygen atoms in total. The topological polar surface area (TPSA) is 59.2 Å². The summed E-state index contributed by atoms with van der Waals surface area (Å²) in [5.74, 6) is 0.152. The number of fused-ring (bicyclic) bond motifs is 1. The molecule has 1 aliphatic rings. The van der Waals surface area contributed by atoms with Gasteiger partial charge in [0.1, 0.15) is 5.82 Å². The number of carbonyl (C=O) groups excluding carboxylic acids is 1. The number of nitrogens with two attached hydrogens (primary N) is 1. The number of pyridine rings is 1. The molecule has 1 unspecified atom stereocenters. The highest BCUT2D eigenvalue weighted by Crippen LogP contribution is 2.34. The van der Waals surface area contributed by atoms with Crippen LogP contribution in [0.25, 0.3) is 0 Å². The standard InChI is InChI=1S/C15H14ClN3O/c1-9-6-10-4-2-3-5-13(10)19(9)15(20)11-7-14(17)18-8-12(11)16/h2-5,7-9H,6H2,1H3,(H2,17,18). The fourth-order valence-corrected chi connectivity index (χ4v) is 2.81. The molecule has 0 saturated heterocycles. The van der Waals surface area contributed by atoms with Crippen molar-refractivity contribution < 1.29 is 4.79 Å². The summed E-state index contributed by atoms with van der Waals surface area (Å²) in [4.78, 5) is 18.4. The van der Waals surface area contributed by atoms with E-state index in [1.807, 2.05) is 31.2 Å². The Kier molecular flexibility index (Phi) is 3.10. The molecule has 1 aromatic carbocycles. The van der Waals surface area contributed by atoms with Crippen LogP contribution in [0.3, 0.4) is 0 Å². The van der Waals surface area contributed by atoms with Gasteiger partial charge in [-0.25, -0.2) is 4.98 Å². The Bertz CT molecular complexity index is 687. The molecule has 0 saturated carbocycles. The number of halogens is 1. The normalized spacial score (nSPS) is 17.1. The van der Waals surface area contributed by atoms with Crippen LogP contribution >= 0.6 is 11.6 Å². The summed E-state index contributed by atoms with van der Waals surface area (Å²) in [7, 11) is 0. The summed E-state index contributed by atoms with van der Waals surface area (Å²) >= 11 is 6.08. The minimum absolute atomic E-state index is 0.102. The predicted octanol–water partition coefficient (Wildman–Crippen LogP) is 2.91. The van der Waals surface area contributed by atoms with Gasteiger partial charge < -0.3 is 10.6 Å².